The summed E-state index contributed by atoms with van der Waals surface area (Å²) in [6.07, 6.45) is -2.18. The van der Waals surface area contributed by atoms with Crippen molar-refractivity contribution in [3.05, 3.63) is 75.9 Å². The Labute approximate surface area is 236 Å². The molecule has 0 saturated carbocycles. The van der Waals surface area contributed by atoms with E-state index >= 15 is 0 Å². The Morgan fingerprint density at radius 3 is 1.20 bits per heavy atom. The molecule has 0 aromatic heterocycles. The molecule has 0 aromatic rings. The largest absolute Gasteiger partial charge is 0.514 e. The zero-order valence-electron chi connectivity index (χ0n) is 22.9. The van der Waals surface area contributed by atoms with Crippen LogP contribution in [0, 0.1) is 0 Å². The van der Waals surface area contributed by atoms with Gasteiger partial charge in [0.2, 0.25) is 7.51 Å². The molecule has 16 nitrogen and oxygen atoms in total. The molecular formula is C24H31N4O12P. The minimum absolute atomic E-state index is 0.434. The standard InChI is InChI=1S/C24H31N4O12P/c1-11-17(29)35-23(36-18(30)12-2)28(41(26(7)8,27(9)10)25-40-22(34)16-6)24(37-19(31)13-3,38-20(32)14-4)39-21(33)15-5/h11-16,23H,1-6H2,7-10H3. The average Bonchev–Trinajstić information content (AvgIpc) is 2.93. The zero-order chi connectivity index (χ0) is 32.0. The van der Waals surface area contributed by atoms with Crippen LogP contribution in [0.15, 0.2) is 80.8 Å². The van der Waals surface area contributed by atoms with Gasteiger partial charge >= 0.3 is 48.3 Å². The molecule has 0 unspecified atom stereocenters. The molecule has 0 spiro atoms. The molecule has 17 heteroatoms. The van der Waals surface area contributed by atoms with Crippen LogP contribution in [-0.4, -0.2) is 90.5 Å². The fourth-order valence-electron chi connectivity index (χ4n) is 2.61. The monoisotopic (exact) mass is 598 g/mol. The van der Waals surface area contributed by atoms with Crippen LogP contribution in [0.2, 0.25) is 0 Å². The summed E-state index contributed by atoms with van der Waals surface area (Å²) in [5, 5.41) is 0. The molecule has 0 fully saturated rings. The Morgan fingerprint density at radius 1 is 0.610 bits per heavy atom. The Kier molecular flexibility index (Phi) is 14.6. The summed E-state index contributed by atoms with van der Waals surface area (Å²) in [7, 11) is 1.08. The smallest absolute Gasteiger partial charge is 0.407 e. The van der Waals surface area contributed by atoms with E-state index in [4.69, 9.17) is 28.5 Å². The van der Waals surface area contributed by atoms with Crippen LogP contribution in [0.1, 0.15) is 0 Å². The van der Waals surface area contributed by atoms with Crippen molar-refractivity contribution in [3.63, 3.8) is 0 Å². The fourth-order valence-corrected chi connectivity index (χ4v) is 5.45. The van der Waals surface area contributed by atoms with Crippen LogP contribution in [0.4, 0.5) is 0 Å². The first-order valence-electron chi connectivity index (χ1n) is 11.0. The van der Waals surface area contributed by atoms with Gasteiger partial charge in [0.25, 0.3) is 0 Å². The van der Waals surface area contributed by atoms with Crippen LogP contribution in [0.3, 0.4) is 0 Å². The number of nitrogens with zero attached hydrogens (tertiary/aromatic N) is 4. The van der Waals surface area contributed by atoms with Crippen LogP contribution in [0.5, 0.6) is 0 Å². The van der Waals surface area contributed by atoms with Crippen LogP contribution in [-0.2, 0) is 57.3 Å². The molecule has 0 atom stereocenters. The van der Waals surface area contributed by atoms with E-state index in [1.807, 2.05) is 0 Å². The second kappa shape index (κ2) is 16.5. The van der Waals surface area contributed by atoms with Crippen molar-refractivity contribution < 1.29 is 57.3 Å². The topological polar surface area (TPSA) is 180 Å². The van der Waals surface area contributed by atoms with Crippen molar-refractivity contribution in [3.8, 4) is 0 Å². The van der Waals surface area contributed by atoms with Gasteiger partial charge in [-0.05, 0) is 33.1 Å². The Morgan fingerprint density at radius 2 is 0.927 bits per heavy atom. The first-order chi connectivity index (χ1) is 19.1. The van der Waals surface area contributed by atoms with E-state index in [-0.39, 0.29) is 0 Å². The van der Waals surface area contributed by atoms with Crippen molar-refractivity contribution in [1.82, 2.24) is 14.0 Å². The Bertz CT molecular complexity index is 1090. The van der Waals surface area contributed by atoms with Gasteiger partial charge in [-0.15, -0.1) is 0 Å². The summed E-state index contributed by atoms with van der Waals surface area (Å²) in [6, 6.07) is 0. The molecule has 0 aliphatic rings. The summed E-state index contributed by atoms with van der Waals surface area (Å²) in [5.74, 6) is -7.82. The first kappa shape index (κ1) is 36.4. The van der Waals surface area contributed by atoms with Gasteiger partial charge in [0.05, 0.1) is 0 Å². The lowest BCUT2D eigenvalue weighted by atomic mass is 10.6. The van der Waals surface area contributed by atoms with Crippen molar-refractivity contribution in [1.29, 1.82) is 0 Å². The second-order valence-corrected chi connectivity index (χ2v) is 10.5. The number of hydrogen-bond donors (Lipinski definition) is 0. The number of ether oxygens (including phenoxy) is 5. The van der Waals surface area contributed by atoms with E-state index in [0.29, 0.717) is 35.1 Å². The van der Waals surface area contributed by atoms with E-state index in [1.165, 1.54) is 37.5 Å². The Balaban J connectivity index is 8.51. The van der Waals surface area contributed by atoms with Crippen molar-refractivity contribution in [2.24, 2.45) is 4.91 Å². The van der Waals surface area contributed by atoms with E-state index < -0.39 is 55.8 Å². The quantitative estimate of drug-likeness (QED) is 0.0773. The molecule has 0 saturated heterocycles. The van der Waals surface area contributed by atoms with Crippen LogP contribution in [0.25, 0.3) is 0 Å². The molecule has 0 aromatic carbocycles. The predicted molar refractivity (Wildman–Crippen MR) is 143 cm³/mol. The maximum atomic E-state index is 12.6. The SMILES string of the molecule is C=CC(=O)ON=P(N(C)C)(N(C)C)N(C(OC(=O)C=C)OC(=O)C=C)C(OC(=O)C=C)(OC(=O)C=C)OC(=O)C=C. The highest BCUT2D eigenvalue weighted by atomic mass is 31.2. The van der Waals surface area contributed by atoms with E-state index in [1.54, 1.807) is 0 Å². The fraction of sp³-hybridized carbons (Fsp3) is 0.250. The number of rotatable bonds is 17. The molecule has 0 amide bonds. The van der Waals surface area contributed by atoms with E-state index in [2.05, 4.69) is 44.4 Å². The molecule has 0 heterocycles. The van der Waals surface area contributed by atoms with Crippen molar-refractivity contribution >= 4 is 43.3 Å². The number of carbonyl (C=O) groups excluding carboxylic acids is 6. The van der Waals surface area contributed by atoms with Gasteiger partial charge in [0.1, 0.15) is 0 Å². The molecule has 0 aliphatic carbocycles. The highest BCUT2D eigenvalue weighted by Crippen LogP contribution is 2.61. The summed E-state index contributed by atoms with van der Waals surface area (Å²) in [4.78, 5) is 83.8. The third-order valence-electron chi connectivity index (χ3n) is 4.21. The summed E-state index contributed by atoms with van der Waals surface area (Å²) < 4.78 is 29.0. The molecule has 0 bridgehead atoms. The minimum Gasteiger partial charge on any atom is -0.407 e. The van der Waals surface area contributed by atoms with Gasteiger partial charge < -0.3 is 28.5 Å². The summed E-state index contributed by atoms with van der Waals surface area (Å²) >= 11 is 0. The molecule has 224 valence electrons. The minimum atomic E-state index is -4.25. The lowest BCUT2D eigenvalue weighted by Crippen LogP contribution is -2.63. The van der Waals surface area contributed by atoms with Crippen molar-refractivity contribution in [2.45, 2.75) is 12.5 Å². The average molecular weight is 599 g/mol. The third kappa shape index (κ3) is 9.51. The Hall–Kier alpha value is -4.63. The normalized spacial score (nSPS) is 11.0. The highest BCUT2D eigenvalue weighted by Gasteiger charge is 2.63. The highest BCUT2D eigenvalue weighted by molar-refractivity contribution is 7.59. The molecule has 0 radical (unpaired) electrons. The maximum absolute atomic E-state index is 12.6. The van der Waals surface area contributed by atoms with Gasteiger partial charge in [-0.1, -0.05) is 44.1 Å². The number of carbonyl (C=O) groups is 6. The van der Waals surface area contributed by atoms with Gasteiger partial charge in [0, 0.05) is 36.5 Å². The molecule has 0 aliphatic heterocycles. The number of hydrogen-bond acceptors (Lipinski definition) is 13. The van der Waals surface area contributed by atoms with Gasteiger partial charge in [0.15, 0.2) is 0 Å². The molecule has 0 rings (SSSR count). The van der Waals surface area contributed by atoms with E-state index in [0.717, 1.165) is 6.08 Å². The lowest BCUT2D eigenvalue weighted by Gasteiger charge is -2.48. The van der Waals surface area contributed by atoms with Crippen molar-refractivity contribution in [2.75, 3.05) is 28.2 Å². The molecule has 41 heavy (non-hydrogen) atoms. The summed E-state index contributed by atoms with van der Waals surface area (Å²) in [6.45, 7) is 19.5. The molecule has 0 N–H and O–H groups in total. The van der Waals surface area contributed by atoms with Gasteiger partial charge in [-0.25, -0.2) is 38.1 Å². The maximum Gasteiger partial charge on any atom is 0.514 e. The van der Waals surface area contributed by atoms with Gasteiger partial charge in [-0.2, -0.15) is 0 Å². The van der Waals surface area contributed by atoms with Crippen LogP contribution < -0.4 is 0 Å². The van der Waals surface area contributed by atoms with E-state index in [9.17, 15) is 28.8 Å². The number of esters is 5. The zero-order valence-corrected chi connectivity index (χ0v) is 23.8. The predicted octanol–water partition coefficient (Wildman–Crippen LogP) is 1.54. The molecular weight excluding hydrogens is 567 g/mol. The van der Waals surface area contributed by atoms with Crippen LogP contribution >= 0.6 is 7.51 Å². The van der Waals surface area contributed by atoms with Gasteiger partial charge in [-0.3, -0.25) is 0 Å². The second-order valence-electron chi connectivity index (χ2n) is 7.26. The first-order valence-corrected chi connectivity index (χ1v) is 12.6. The third-order valence-corrected chi connectivity index (χ3v) is 7.66. The lowest BCUT2D eigenvalue weighted by molar-refractivity contribution is -0.402. The summed E-state index contributed by atoms with van der Waals surface area (Å²) in [5.41, 5.74) is 0.